The van der Waals surface area contributed by atoms with Gasteiger partial charge in [-0.15, -0.1) is 0 Å². The summed E-state index contributed by atoms with van der Waals surface area (Å²) < 4.78 is 0. The minimum atomic E-state index is -0.570. The van der Waals surface area contributed by atoms with E-state index in [1.165, 1.54) is 61.2 Å². The lowest BCUT2D eigenvalue weighted by Gasteiger charge is -2.35. The van der Waals surface area contributed by atoms with Gasteiger partial charge in [0.15, 0.2) is 0 Å². The molecular formula is C44H28Cl2. The molecule has 0 aliphatic heterocycles. The van der Waals surface area contributed by atoms with Gasteiger partial charge in [-0.3, -0.25) is 0 Å². The van der Waals surface area contributed by atoms with Gasteiger partial charge in [-0.1, -0.05) is 163 Å². The molecule has 0 atom stereocenters. The van der Waals surface area contributed by atoms with E-state index in [1.54, 1.807) is 0 Å². The molecule has 7 aromatic rings. The van der Waals surface area contributed by atoms with Gasteiger partial charge >= 0.3 is 0 Å². The molecule has 0 aromatic heterocycles. The van der Waals surface area contributed by atoms with Crippen molar-refractivity contribution in [2.45, 2.75) is 10.8 Å². The van der Waals surface area contributed by atoms with Crippen LogP contribution < -0.4 is 0 Å². The first-order chi connectivity index (χ1) is 22.6. The average molecular weight is 628 g/mol. The van der Waals surface area contributed by atoms with Crippen molar-refractivity contribution in [2.75, 3.05) is 0 Å². The molecule has 0 N–H and O–H groups in total. The molecule has 7 aromatic carbocycles. The number of fused-ring (bicyclic) bond motifs is 6. The number of hydrogen-bond acceptors (Lipinski definition) is 0. The lowest BCUT2D eigenvalue weighted by atomic mass is 9.66. The van der Waals surface area contributed by atoms with Crippen molar-refractivity contribution in [2.24, 2.45) is 0 Å². The lowest BCUT2D eigenvalue weighted by molar-refractivity contribution is 0.759. The smallest absolute Gasteiger partial charge is 0.0714 e. The largest absolute Gasteiger partial charge is 0.0843 e. The SMILES string of the molecule is Clc1ccc2c(c1)C(c1ccccc1)(c1ccccc1)c1cc3c(cc1-2)C(c1ccccc1)(c1ccccc1)c1cccc(Cl)c1-3. The third kappa shape index (κ3) is 3.57. The molecule has 0 heterocycles. The van der Waals surface area contributed by atoms with Crippen molar-refractivity contribution < 1.29 is 0 Å². The highest BCUT2D eigenvalue weighted by molar-refractivity contribution is 6.34. The Morgan fingerprint density at radius 2 is 0.761 bits per heavy atom. The van der Waals surface area contributed by atoms with Crippen LogP contribution in [0.15, 0.2) is 170 Å². The van der Waals surface area contributed by atoms with Crippen molar-refractivity contribution >= 4 is 23.2 Å². The number of hydrogen-bond donors (Lipinski definition) is 0. The summed E-state index contributed by atoms with van der Waals surface area (Å²) in [7, 11) is 0. The number of halogens is 2. The quantitative estimate of drug-likeness (QED) is 0.182. The third-order valence-corrected chi connectivity index (χ3v) is 10.7. The van der Waals surface area contributed by atoms with Gasteiger partial charge in [-0.25, -0.2) is 0 Å². The fourth-order valence-corrected chi connectivity index (χ4v) is 8.89. The van der Waals surface area contributed by atoms with E-state index >= 15 is 0 Å². The highest BCUT2D eigenvalue weighted by atomic mass is 35.5. The average Bonchev–Trinajstić information content (AvgIpc) is 3.57. The summed E-state index contributed by atoms with van der Waals surface area (Å²) in [6.07, 6.45) is 0. The van der Waals surface area contributed by atoms with E-state index < -0.39 is 10.8 Å². The van der Waals surface area contributed by atoms with Crippen LogP contribution in [-0.4, -0.2) is 0 Å². The molecule has 2 aliphatic rings. The maximum absolute atomic E-state index is 7.25. The van der Waals surface area contributed by atoms with Gasteiger partial charge in [0.2, 0.25) is 0 Å². The van der Waals surface area contributed by atoms with Crippen molar-refractivity contribution in [3.05, 3.63) is 224 Å². The first-order valence-corrected chi connectivity index (χ1v) is 16.4. The maximum atomic E-state index is 7.25. The summed E-state index contributed by atoms with van der Waals surface area (Å²) in [5.74, 6) is 0. The van der Waals surface area contributed by atoms with Crippen LogP contribution in [0.2, 0.25) is 10.0 Å². The Morgan fingerprint density at radius 3 is 1.28 bits per heavy atom. The van der Waals surface area contributed by atoms with Gasteiger partial charge in [0, 0.05) is 15.6 Å². The maximum Gasteiger partial charge on any atom is 0.0714 e. The summed E-state index contributed by atoms with van der Waals surface area (Å²) in [6.45, 7) is 0. The molecular weight excluding hydrogens is 599 g/mol. The normalized spacial score (nSPS) is 14.7. The van der Waals surface area contributed by atoms with Gasteiger partial charge in [-0.05, 0) is 91.5 Å². The van der Waals surface area contributed by atoms with Gasteiger partial charge in [0.25, 0.3) is 0 Å². The summed E-state index contributed by atoms with van der Waals surface area (Å²) in [5, 5.41) is 1.49. The Morgan fingerprint density at radius 1 is 0.326 bits per heavy atom. The second-order valence-electron chi connectivity index (χ2n) is 12.3. The molecule has 9 rings (SSSR count). The van der Waals surface area contributed by atoms with Gasteiger partial charge in [0.05, 0.1) is 10.8 Å². The van der Waals surface area contributed by atoms with Crippen LogP contribution in [0.4, 0.5) is 0 Å². The Hall–Kier alpha value is -4.88. The first kappa shape index (κ1) is 27.4. The van der Waals surface area contributed by atoms with Gasteiger partial charge in [0.1, 0.15) is 0 Å². The highest BCUT2D eigenvalue weighted by Crippen LogP contribution is 2.63. The Kier molecular flexibility index (Phi) is 6.16. The number of benzene rings is 7. The molecule has 0 saturated carbocycles. The zero-order valence-electron chi connectivity index (χ0n) is 24.9. The second-order valence-corrected chi connectivity index (χ2v) is 13.1. The van der Waals surface area contributed by atoms with E-state index in [0.717, 1.165) is 15.6 Å². The van der Waals surface area contributed by atoms with Crippen LogP contribution >= 0.6 is 23.2 Å². The zero-order valence-corrected chi connectivity index (χ0v) is 26.4. The monoisotopic (exact) mass is 626 g/mol. The Balaban J connectivity index is 1.48. The Labute approximate surface area is 279 Å². The van der Waals surface area contributed by atoms with E-state index in [0.29, 0.717) is 0 Å². The lowest BCUT2D eigenvalue weighted by Crippen LogP contribution is -2.29. The summed E-state index contributed by atoms with van der Waals surface area (Å²) >= 11 is 14.1. The molecule has 0 amide bonds. The predicted molar refractivity (Wildman–Crippen MR) is 191 cm³/mol. The van der Waals surface area contributed by atoms with Crippen molar-refractivity contribution in [3.8, 4) is 22.3 Å². The van der Waals surface area contributed by atoms with E-state index in [9.17, 15) is 0 Å². The van der Waals surface area contributed by atoms with Crippen molar-refractivity contribution in [3.63, 3.8) is 0 Å². The summed E-state index contributed by atoms with van der Waals surface area (Å²) in [4.78, 5) is 0. The standard InChI is InChI=1S/C44H28Cl2/c45-33-24-25-34-35-27-40-36(28-39(35)44(38(34)26-33,31-18-9-3-10-19-31)32-20-11-4-12-21-32)42-37(22-13-23-41(42)46)43(40,29-14-5-1-6-15-29)30-16-7-2-8-17-30/h1-28H. The zero-order chi connectivity index (χ0) is 30.9. The van der Waals surface area contributed by atoms with Crippen LogP contribution in [0.25, 0.3) is 22.3 Å². The minimum Gasteiger partial charge on any atom is -0.0843 e. The molecule has 2 heteroatoms. The fraction of sp³-hybridized carbons (Fsp3) is 0.0455. The molecule has 0 nitrogen and oxygen atoms in total. The first-order valence-electron chi connectivity index (χ1n) is 15.7. The molecule has 0 unspecified atom stereocenters. The van der Waals surface area contributed by atoms with Gasteiger partial charge in [-0.2, -0.15) is 0 Å². The van der Waals surface area contributed by atoms with E-state index in [2.05, 4.69) is 158 Å². The van der Waals surface area contributed by atoms with Crippen molar-refractivity contribution in [1.29, 1.82) is 0 Å². The topological polar surface area (TPSA) is 0 Å². The highest BCUT2D eigenvalue weighted by Gasteiger charge is 2.51. The van der Waals surface area contributed by atoms with E-state index in [-0.39, 0.29) is 0 Å². The fourth-order valence-electron chi connectivity index (χ4n) is 8.44. The molecule has 0 fully saturated rings. The number of rotatable bonds is 4. The Bertz CT molecular complexity index is 2180. The van der Waals surface area contributed by atoms with Gasteiger partial charge < -0.3 is 0 Å². The molecule has 0 spiro atoms. The van der Waals surface area contributed by atoms with E-state index in [1.807, 2.05) is 12.1 Å². The summed E-state index contributed by atoms with van der Waals surface area (Å²) in [5.41, 5.74) is 13.3. The molecule has 2 aliphatic carbocycles. The van der Waals surface area contributed by atoms with E-state index in [4.69, 9.17) is 23.2 Å². The minimum absolute atomic E-state index is 0.551. The van der Waals surface area contributed by atoms with Crippen molar-refractivity contribution in [1.82, 2.24) is 0 Å². The molecule has 218 valence electrons. The van der Waals surface area contributed by atoms with Crippen LogP contribution in [-0.2, 0) is 10.8 Å². The summed E-state index contributed by atoms with van der Waals surface area (Å²) in [6, 6.07) is 61.2. The van der Waals surface area contributed by atoms with Crippen LogP contribution in [0.1, 0.15) is 44.5 Å². The molecule has 0 bridgehead atoms. The molecule has 46 heavy (non-hydrogen) atoms. The second kappa shape index (κ2) is 10.3. The van der Waals surface area contributed by atoms with Crippen LogP contribution in [0.5, 0.6) is 0 Å². The molecule has 0 radical (unpaired) electrons. The molecule has 0 saturated heterocycles. The third-order valence-electron chi connectivity index (χ3n) is 10.2. The van der Waals surface area contributed by atoms with Crippen LogP contribution in [0.3, 0.4) is 0 Å². The predicted octanol–water partition coefficient (Wildman–Crippen LogP) is 11.7. The van der Waals surface area contributed by atoms with Crippen LogP contribution in [0, 0.1) is 0 Å².